The minimum Gasteiger partial charge on any atom is -0.368 e. The van der Waals surface area contributed by atoms with Gasteiger partial charge in [0.2, 0.25) is 5.95 Å². The predicted molar refractivity (Wildman–Crippen MR) is 130 cm³/mol. The van der Waals surface area contributed by atoms with Gasteiger partial charge < -0.3 is 10.6 Å². The minimum absolute atomic E-state index is 0.283. The molecule has 2 N–H and O–H groups in total. The molecule has 32 heavy (non-hydrogen) atoms. The molecule has 6 rings (SSSR count). The van der Waals surface area contributed by atoms with E-state index in [1.54, 1.807) is 4.40 Å². The number of aromatic nitrogens is 4. The van der Waals surface area contributed by atoms with Crippen LogP contribution in [0.2, 0.25) is 5.02 Å². The van der Waals surface area contributed by atoms with Crippen LogP contribution in [0, 0.1) is 0 Å². The van der Waals surface area contributed by atoms with Crippen molar-refractivity contribution in [3.63, 3.8) is 0 Å². The van der Waals surface area contributed by atoms with E-state index in [0.717, 1.165) is 28.1 Å². The molecule has 1 fully saturated rings. The first kappa shape index (κ1) is 19.1. The normalized spacial score (nSPS) is 13.7. The molecule has 6 nitrogen and oxygen atoms in total. The summed E-state index contributed by atoms with van der Waals surface area (Å²) >= 11 is 6.62. The van der Waals surface area contributed by atoms with E-state index in [9.17, 15) is 0 Å². The van der Waals surface area contributed by atoms with Gasteiger partial charge in [-0.05, 0) is 59.7 Å². The van der Waals surface area contributed by atoms with Crippen LogP contribution >= 0.6 is 11.6 Å². The Balaban J connectivity index is 1.46. The van der Waals surface area contributed by atoms with Gasteiger partial charge in [0, 0.05) is 12.7 Å². The van der Waals surface area contributed by atoms with E-state index < -0.39 is 0 Å². The molecule has 0 unspecified atom stereocenters. The number of anilines is 3. The maximum Gasteiger partial charge on any atom is 0.258 e. The van der Waals surface area contributed by atoms with Crippen LogP contribution in [-0.2, 0) is 0 Å². The average Bonchev–Trinajstić information content (AvgIpc) is 3.61. The van der Waals surface area contributed by atoms with E-state index in [-0.39, 0.29) is 5.95 Å². The number of hydrogen-bond acceptors (Lipinski definition) is 5. The molecule has 2 heterocycles. The molecule has 0 atom stereocenters. The second kappa shape index (κ2) is 7.21. The lowest BCUT2D eigenvalue weighted by Gasteiger charge is -2.22. The van der Waals surface area contributed by atoms with E-state index in [1.807, 2.05) is 30.1 Å². The summed E-state index contributed by atoms with van der Waals surface area (Å²) < 4.78 is 1.72. The molecule has 0 spiro atoms. The molecular weight excluding hydrogens is 420 g/mol. The number of fused-ring (bicyclic) bond motifs is 3. The number of rotatable bonds is 4. The van der Waals surface area contributed by atoms with Crippen molar-refractivity contribution in [3.8, 4) is 11.1 Å². The van der Waals surface area contributed by atoms with Gasteiger partial charge in [0.25, 0.3) is 5.78 Å². The number of hydrogen-bond donors (Lipinski definition) is 1. The van der Waals surface area contributed by atoms with Gasteiger partial charge in [0.1, 0.15) is 5.82 Å². The second-order valence-electron chi connectivity index (χ2n) is 8.27. The molecule has 1 aliphatic carbocycles. The Bertz CT molecular complexity index is 1470. The number of nitrogen functional groups attached to an aromatic ring is 1. The summed E-state index contributed by atoms with van der Waals surface area (Å²) in [4.78, 5) is 6.78. The van der Waals surface area contributed by atoms with Gasteiger partial charge in [-0.3, -0.25) is 0 Å². The van der Waals surface area contributed by atoms with Crippen molar-refractivity contribution in [2.24, 2.45) is 0 Å². The molecule has 0 bridgehead atoms. The van der Waals surface area contributed by atoms with Gasteiger partial charge in [-0.15, -0.1) is 10.2 Å². The van der Waals surface area contributed by atoms with Crippen LogP contribution in [-0.4, -0.2) is 26.6 Å². The Morgan fingerprint density at radius 1 is 0.969 bits per heavy atom. The fourth-order valence-electron chi connectivity index (χ4n) is 4.29. The molecular formula is C25H21ClN6. The molecule has 3 aromatic carbocycles. The van der Waals surface area contributed by atoms with Crippen LogP contribution in [0.3, 0.4) is 0 Å². The third-order valence-electron chi connectivity index (χ3n) is 6.18. The van der Waals surface area contributed by atoms with Crippen molar-refractivity contribution < 1.29 is 0 Å². The first-order chi connectivity index (χ1) is 15.6. The zero-order valence-electron chi connectivity index (χ0n) is 17.5. The number of benzene rings is 3. The van der Waals surface area contributed by atoms with Crippen LogP contribution in [0.5, 0.6) is 0 Å². The molecule has 158 valence electrons. The fraction of sp³-hybridized carbons (Fsp3) is 0.160. The second-order valence-corrected chi connectivity index (χ2v) is 8.68. The van der Waals surface area contributed by atoms with E-state index in [4.69, 9.17) is 22.3 Å². The van der Waals surface area contributed by atoms with Crippen molar-refractivity contribution in [2.75, 3.05) is 17.7 Å². The summed E-state index contributed by atoms with van der Waals surface area (Å²) in [6.45, 7) is 0. The SMILES string of the molecule is CN(c1cccc(-c2ccc(C3CC3)cc2)c1)c1nc2nnc(N)n2c2cccc(Cl)c12. The lowest BCUT2D eigenvalue weighted by Crippen LogP contribution is -2.13. The first-order valence-corrected chi connectivity index (χ1v) is 11.0. The van der Waals surface area contributed by atoms with Crippen LogP contribution in [0.4, 0.5) is 17.5 Å². The van der Waals surface area contributed by atoms with E-state index in [0.29, 0.717) is 16.6 Å². The first-order valence-electron chi connectivity index (χ1n) is 10.6. The molecule has 1 aliphatic rings. The highest BCUT2D eigenvalue weighted by atomic mass is 35.5. The van der Waals surface area contributed by atoms with Gasteiger partial charge in [0.15, 0.2) is 0 Å². The monoisotopic (exact) mass is 440 g/mol. The number of nitrogens with zero attached hydrogens (tertiary/aromatic N) is 5. The quantitative estimate of drug-likeness (QED) is 0.381. The van der Waals surface area contributed by atoms with Crippen LogP contribution in [0.25, 0.3) is 27.8 Å². The van der Waals surface area contributed by atoms with Crippen molar-refractivity contribution >= 4 is 45.7 Å². The zero-order valence-corrected chi connectivity index (χ0v) is 18.3. The fourth-order valence-corrected chi connectivity index (χ4v) is 4.54. The molecule has 5 aromatic rings. The van der Waals surface area contributed by atoms with E-state index in [2.05, 4.69) is 58.7 Å². The van der Waals surface area contributed by atoms with Crippen molar-refractivity contribution in [1.29, 1.82) is 0 Å². The Hall–Kier alpha value is -3.64. The molecule has 2 aromatic heterocycles. The molecule has 0 radical (unpaired) electrons. The van der Waals surface area contributed by atoms with Gasteiger partial charge in [-0.2, -0.15) is 4.98 Å². The Labute approximate surface area is 190 Å². The van der Waals surface area contributed by atoms with Gasteiger partial charge >= 0.3 is 0 Å². The lowest BCUT2D eigenvalue weighted by atomic mass is 10.0. The van der Waals surface area contributed by atoms with Crippen LogP contribution in [0.1, 0.15) is 24.3 Å². The standard InChI is InChI=1S/C25H21ClN6/c1-31(19-5-2-4-18(14-19)17-12-10-16(11-13-17)15-8-9-15)23-22-20(26)6-3-7-21(22)32-24(27)29-30-25(32)28-23/h2-7,10-15H,8-9H2,1H3,(H2,27,29). The van der Waals surface area contributed by atoms with Gasteiger partial charge in [-0.25, -0.2) is 4.40 Å². The molecule has 0 saturated heterocycles. The summed E-state index contributed by atoms with van der Waals surface area (Å²) in [6, 6.07) is 23.0. The smallest absolute Gasteiger partial charge is 0.258 e. The summed E-state index contributed by atoms with van der Waals surface area (Å²) in [6.07, 6.45) is 2.62. The van der Waals surface area contributed by atoms with Crippen molar-refractivity contribution in [1.82, 2.24) is 19.6 Å². The molecule has 7 heteroatoms. The van der Waals surface area contributed by atoms with Crippen molar-refractivity contribution in [2.45, 2.75) is 18.8 Å². The molecule has 0 aliphatic heterocycles. The lowest BCUT2D eigenvalue weighted by molar-refractivity contribution is 1.08. The highest BCUT2D eigenvalue weighted by Crippen LogP contribution is 2.41. The third-order valence-corrected chi connectivity index (χ3v) is 6.49. The average molecular weight is 441 g/mol. The highest BCUT2D eigenvalue weighted by molar-refractivity contribution is 6.36. The van der Waals surface area contributed by atoms with Gasteiger partial charge in [-0.1, -0.05) is 54.1 Å². The molecule has 0 amide bonds. The Morgan fingerprint density at radius 3 is 2.53 bits per heavy atom. The topological polar surface area (TPSA) is 72.3 Å². The molecule has 1 saturated carbocycles. The third kappa shape index (κ3) is 3.07. The summed E-state index contributed by atoms with van der Waals surface area (Å²) in [5, 5.41) is 9.52. The maximum atomic E-state index is 6.62. The number of halogens is 1. The summed E-state index contributed by atoms with van der Waals surface area (Å²) in [5.41, 5.74) is 11.6. The van der Waals surface area contributed by atoms with Gasteiger partial charge in [0.05, 0.1) is 15.9 Å². The Kier molecular flexibility index (Phi) is 4.30. The number of nitrogens with two attached hydrogens (primary N) is 1. The zero-order chi connectivity index (χ0) is 21.8. The van der Waals surface area contributed by atoms with Crippen LogP contribution < -0.4 is 10.6 Å². The van der Waals surface area contributed by atoms with Crippen molar-refractivity contribution in [3.05, 3.63) is 77.3 Å². The summed E-state index contributed by atoms with van der Waals surface area (Å²) in [5.74, 6) is 2.18. The largest absolute Gasteiger partial charge is 0.368 e. The predicted octanol–water partition coefficient (Wildman–Crippen LogP) is 5.83. The summed E-state index contributed by atoms with van der Waals surface area (Å²) in [7, 11) is 1.98. The Morgan fingerprint density at radius 2 is 1.75 bits per heavy atom. The maximum absolute atomic E-state index is 6.62. The highest BCUT2D eigenvalue weighted by Gasteiger charge is 2.23. The van der Waals surface area contributed by atoms with E-state index >= 15 is 0 Å². The minimum atomic E-state index is 0.283. The van der Waals surface area contributed by atoms with E-state index in [1.165, 1.54) is 24.0 Å². The van der Waals surface area contributed by atoms with Crippen LogP contribution in [0.15, 0.2) is 66.7 Å².